The minimum atomic E-state index is -0.465. The van der Waals surface area contributed by atoms with E-state index in [0.717, 1.165) is 37.8 Å². The summed E-state index contributed by atoms with van der Waals surface area (Å²) in [7, 11) is 0. The normalized spacial score (nSPS) is 12.1. The summed E-state index contributed by atoms with van der Waals surface area (Å²) in [6.45, 7) is 1.86. The molecule has 0 aliphatic heterocycles. The summed E-state index contributed by atoms with van der Waals surface area (Å²) in [5, 5.41) is 11.3. The molecule has 4 N–H and O–H groups in total. The Morgan fingerprint density at radius 1 is 0.733 bits per heavy atom. The molecule has 1 atom stereocenters. The number of carbonyl (C=O) groups excluding carboxylic acids is 3. The molecule has 6 rings (SSSR count). The van der Waals surface area contributed by atoms with Crippen LogP contribution in [0.15, 0.2) is 138 Å². The number of carbonyl (C=O) groups is 3. The van der Waals surface area contributed by atoms with E-state index in [-0.39, 0.29) is 22.8 Å². The minimum absolute atomic E-state index is 0.102. The van der Waals surface area contributed by atoms with E-state index >= 15 is 0 Å². The van der Waals surface area contributed by atoms with Crippen LogP contribution < -0.4 is 16.0 Å². The van der Waals surface area contributed by atoms with Gasteiger partial charge in [-0.25, -0.2) is 0 Å². The fourth-order valence-electron chi connectivity index (χ4n) is 4.95. The maximum absolute atomic E-state index is 13.5. The van der Waals surface area contributed by atoms with E-state index in [4.69, 9.17) is 0 Å². The molecule has 7 nitrogen and oxygen atoms in total. The van der Waals surface area contributed by atoms with Gasteiger partial charge in [0.2, 0.25) is 5.91 Å². The number of benzene rings is 5. The number of H-pyrrole nitrogens is 1. The topological polar surface area (TPSA) is 103 Å². The molecule has 0 aliphatic carbocycles. The van der Waals surface area contributed by atoms with Gasteiger partial charge in [0.1, 0.15) is 5.70 Å². The maximum atomic E-state index is 13.5. The van der Waals surface area contributed by atoms with Crippen molar-refractivity contribution in [3.63, 3.8) is 0 Å². The van der Waals surface area contributed by atoms with Crippen molar-refractivity contribution >= 4 is 68.6 Å². The van der Waals surface area contributed by atoms with Gasteiger partial charge in [-0.1, -0.05) is 72.8 Å². The molecule has 0 fully saturated rings. The smallest absolute Gasteiger partial charge is 0.272 e. The third-order valence-corrected chi connectivity index (χ3v) is 8.40. The second-order valence-electron chi connectivity index (χ2n) is 10.4. The standard InChI is InChI=1S/C37H30N4O3S/c1-24(35(42)40-33-17-9-13-25-10-5-6-14-30(25)33)45-29-20-18-28(19-21-29)39-37(44)34(41-36(43)26-11-3-2-4-12-26)22-27-23-38-32-16-8-7-15-31(27)32/h2-24,38H,1H3,(H,39,44)(H,40,42)(H,41,43). The highest BCUT2D eigenvalue weighted by Gasteiger charge is 2.18. The quantitative estimate of drug-likeness (QED) is 0.0989. The van der Waals surface area contributed by atoms with E-state index in [9.17, 15) is 14.4 Å². The molecule has 1 aromatic heterocycles. The number of rotatable bonds is 9. The fourth-order valence-corrected chi connectivity index (χ4v) is 5.82. The van der Waals surface area contributed by atoms with Gasteiger partial charge in [-0.05, 0) is 66.9 Å². The summed E-state index contributed by atoms with van der Waals surface area (Å²) in [6, 6.07) is 37.5. The zero-order chi connectivity index (χ0) is 31.2. The van der Waals surface area contributed by atoms with Crippen LogP contribution in [0.25, 0.3) is 27.8 Å². The van der Waals surface area contributed by atoms with E-state index < -0.39 is 5.91 Å². The number of aromatic amines is 1. The van der Waals surface area contributed by atoms with Crippen molar-refractivity contribution in [3.05, 3.63) is 144 Å². The number of para-hydroxylation sites is 1. The predicted molar refractivity (Wildman–Crippen MR) is 183 cm³/mol. The number of amides is 3. The monoisotopic (exact) mass is 610 g/mol. The zero-order valence-corrected chi connectivity index (χ0v) is 25.2. The lowest BCUT2D eigenvalue weighted by molar-refractivity contribution is -0.115. The second kappa shape index (κ2) is 13.4. The Morgan fingerprint density at radius 2 is 1.42 bits per heavy atom. The van der Waals surface area contributed by atoms with Crippen LogP contribution in [0.3, 0.4) is 0 Å². The lowest BCUT2D eigenvalue weighted by Gasteiger charge is -2.14. The van der Waals surface area contributed by atoms with Crippen molar-refractivity contribution in [2.75, 3.05) is 10.6 Å². The Bertz CT molecular complexity index is 2030. The van der Waals surface area contributed by atoms with Gasteiger partial charge in [-0.3, -0.25) is 14.4 Å². The van der Waals surface area contributed by atoms with Gasteiger partial charge >= 0.3 is 0 Å². The predicted octanol–water partition coefficient (Wildman–Crippen LogP) is 7.85. The lowest BCUT2D eigenvalue weighted by atomic mass is 10.1. The molecule has 6 aromatic rings. The molecule has 45 heavy (non-hydrogen) atoms. The third kappa shape index (κ3) is 6.98. The van der Waals surface area contributed by atoms with Gasteiger partial charge in [0, 0.05) is 49.9 Å². The molecule has 0 saturated carbocycles. The molecular weight excluding hydrogens is 580 g/mol. The van der Waals surface area contributed by atoms with Crippen molar-refractivity contribution in [1.29, 1.82) is 0 Å². The highest BCUT2D eigenvalue weighted by Crippen LogP contribution is 2.28. The van der Waals surface area contributed by atoms with E-state index in [1.54, 1.807) is 48.7 Å². The van der Waals surface area contributed by atoms with Crippen LogP contribution in [0.4, 0.5) is 11.4 Å². The van der Waals surface area contributed by atoms with Gasteiger partial charge < -0.3 is 20.9 Å². The highest BCUT2D eigenvalue weighted by molar-refractivity contribution is 8.00. The van der Waals surface area contributed by atoms with E-state index in [0.29, 0.717) is 11.3 Å². The van der Waals surface area contributed by atoms with Crippen molar-refractivity contribution in [2.45, 2.75) is 17.1 Å². The van der Waals surface area contributed by atoms with Crippen LogP contribution in [0.1, 0.15) is 22.8 Å². The molecule has 8 heteroatoms. The fraction of sp³-hybridized carbons (Fsp3) is 0.0541. The Kier molecular flexibility index (Phi) is 8.75. The Labute approximate surface area is 264 Å². The summed E-state index contributed by atoms with van der Waals surface area (Å²) in [5.41, 5.74) is 3.56. The average Bonchev–Trinajstić information content (AvgIpc) is 3.48. The van der Waals surface area contributed by atoms with Crippen molar-refractivity contribution in [2.24, 2.45) is 0 Å². The van der Waals surface area contributed by atoms with Crippen LogP contribution in [0.5, 0.6) is 0 Å². The third-order valence-electron chi connectivity index (χ3n) is 7.29. The molecule has 0 aliphatic rings. The molecule has 3 amide bonds. The van der Waals surface area contributed by atoms with Gasteiger partial charge in [0.05, 0.1) is 5.25 Å². The van der Waals surface area contributed by atoms with Crippen LogP contribution in [0.2, 0.25) is 0 Å². The number of aromatic nitrogens is 1. The van der Waals surface area contributed by atoms with Crippen molar-refractivity contribution < 1.29 is 14.4 Å². The van der Waals surface area contributed by atoms with Crippen molar-refractivity contribution in [1.82, 2.24) is 10.3 Å². The summed E-state index contributed by atoms with van der Waals surface area (Å²) in [6.07, 6.45) is 3.46. The highest BCUT2D eigenvalue weighted by atomic mass is 32.2. The lowest BCUT2D eigenvalue weighted by Crippen LogP contribution is -2.30. The zero-order valence-electron chi connectivity index (χ0n) is 24.4. The van der Waals surface area contributed by atoms with Crippen LogP contribution in [-0.2, 0) is 9.59 Å². The Hall–Kier alpha value is -5.60. The van der Waals surface area contributed by atoms with Crippen LogP contribution in [-0.4, -0.2) is 28.0 Å². The first kappa shape index (κ1) is 29.5. The van der Waals surface area contributed by atoms with Crippen LogP contribution >= 0.6 is 11.8 Å². The first-order valence-electron chi connectivity index (χ1n) is 14.5. The van der Waals surface area contributed by atoms with Gasteiger partial charge in [0.15, 0.2) is 0 Å². The van der Waals surface area contributed by atoms with E-state index in [1.807, 2.05) is 91.9 Å². The number of hydrogen-bond donors (Lipinski definition) is 4. The Balaban J connectivity index is 1.15. The molecular formula is C37H30N4O3S. The first-order chi connectivity index (χ1) is 21.9. The van der Waals surface area contributed by atoms with E-state index in [1.165, 1.54) is 11.8 Å². The SMILES string of the molecule is CC(Sc1ccc(NC(=O)C(=Cc2c[nH]c3ccccc23)NC(=O)c2ccccc2)cc1)C(=O)Nc1cccc2ccccc12. The summed E-state index contributed by atoms with van der Waals surface area (Å²) >= 11 is 1.42. The number of nitrogens with one attached hydrogen (secondary N) is 4. The molecule has 0 spiro atoms. The molecule has 5 aromatic carbocycles. The van der Waals surface area contributed by atoms with Crippen molar-refractivity contribution in [3.8, 4) is 0 Å². The molecule has 0 radical (unpaired) electrons. The van der Waals surface area contributed by atoms with Gasteiger partial charge in [0.25, 0.3) is 11.8 Å². The molecule has 1 unspecified atom stereocenters. The molecule has 0 saturated heterocycles. The maximum Gasteiger partial charge on any atom is 0.272 e. The van der Waals surface area contributed by atoms with Gasteiger partial charge in [-0.2, -0.15) is 0 Å². The first-order valence-corrected chi connectivity index (χ1v) is 15.3. The van der Waals surface area contributed by atoms with E-state index in [2.05, 4.69) is 20.9 Å². The average molecular weight is 611 g/mol. The van der Waals surface area contributed by atoms with Crippen LogP contribution in [0, 0.1) is 0 Å². The number of thioether (sulfide) groups is 1. The molecule has 1 heterocycles. The minimum Gasteiger partial charge on any atom is -0.361 e. The second-order valence-corrected chi connectivity index (χ2v) is 11.8. The number of fused-ring (bicyclic) bond motifs is 2. The van der Waals surface area contributed by atoms with Gasteiger partial charge in [-0.15, -0.1) is 11.8 Å². The largest absolute Gasteiger partial charge is 0.361 e. The number of anilines is 2. The molecule has 0 bridgehead atoms. The molecule has 222 valence electrons. The Morgan fingerprint density at radius 3 is 2.22 bits per heavy atom. The summed E-state index contributed by atoms with van der Waals surface area (Å²) < 4.78 is 0. The summed E-state index contributed by atoms with van der Waals surface area (Å²) in [4.78, 5) is 43.6. The number of hydrogen-bond acceptors (Lipinski definition) is 4. The summed E-state index contributed by atoms with van der Waals surface area (Å²) in [5.74, 6) is -0.956.